The van der Waals surface area contributed by atoms with E-state index >= 15 is 0 Å². The van der Waals surface area contributed by atoms with Gasteiger partial charge in [0.15, 0.2) is 0 Å². The Morgan fingerprint density at radius 3 is 2.17 bits per heavy atom. The van der Waals surface area contributed by atoms with Gasteiger partial charge in [0.2, 0.25) is 0 Å². The molecule has 0 bridgehead atoms. The van der Waals surface area contributed by atoms with E-state index in [9.17, 15) is 8.42 Å². The molecule has 0 aromatic heterocycles. The van der Waals surface area contributed by atoms with Crippen molar-refractivity contribution in [3.8, 4) is 0 Å². The summed E-state index contributed by atoms with van der Waals surface area (Å²) in [5, 5.41) is 3.76. The van der Waals surface area contributed by atoms with E-state index in [1.807, 2.05) is 42.5 Å². The molecule has 0 aliphatic carbocycles. The molecule has 24 heavy (non-hydrogen) atoms. The fraction of sp³-hybridized carbons (Fsp3) is 0.316. The van der Waals surface area contributed by atoms with Crippen molar-refractivity contribution in [1.82, 2.24) is 0 Å². The Bertz CT molecular complexity index is 807. The summed E-state index contributed by atoms with van der Waals surface area (Å²) in [6.07, 6.45) is 0.968. The smallest absolute Gasteiger partial charge is 0.265 e. The van der Waals surface area contributed by atoms with Gasteiger partial charge in [-0.2, -0.15) is 8.42 Å². The van der Waals surface area contributed by atoms with Crippen LogP contribution in [0.5, 0.6) is 0 Å². The van der Waals surface area contributed by atoms with Crippen molar-refractivity contribution in [1.29, 1.82) is 0 Å². The normalized spacial score (nSPS) is 12.9. The topological polar surface area (TPSA) is 55.7 Å². The molecule has 0 saturated heterocycles. The van der Waals surface area contributed by atoms with E-state index < -0.39 is 10.1 Å². The van der Waals surface area contributed by atoms with Gasteiger partial charge < -0.3 is 0 Å². The van der Waals surface area contributed by atoms with Crippen LogP contribution in [0.15, 0.2) is 64.6 Å². The van der Waals surface area contributed by atoms with Crippen LogP contribution < -0.4 is 0 Å². The minimum Gasteiger partial charge on any atom is -0.265 e. The molecule has 2 rings (SSSR count). The third-order valence-corrected chi connectivity index (χ3v) is 5.39. The molecule has 4 nitrogen and oxygen atoms in total. The lowest BCUT2D eigenvalue weighted by molar-refractivity contribution is 0.338. The molecule has 0 fully saturated rings. The highest BCUT2D eigenvalue weighted by molar-refractivity contribution is 7.86. The summed E-state index contributed by atoms with van der Waals surface area (Å²) in [4.78, 5) is 0.0998. The van der Waals surface area contributed by atoms with Gasteiger partial charge in [0, 0.05) is 0 Å². The second-order valence-corrected chi connectivity index (χ2v) is 7.86. The monoisotopic (exact) mass is 345 g/mol. The molecule has 128 valence electrons. The summed E-state index contributed by atoms with van der Waals surface area (Å²) in [7, 11) is -3.92. The van der Waals surface area contributed by atoms with Crippen LogP contribution in [0, 0.1) is 0 Å². The maximum atomic E-state index is 12.3. The molecule has 2 aromatic carbocycles. The molecular weight excluding hydrogens is 322 g/mol. The zero-order valence-electron chi connectivity index (χ0n) is 14.5. The van der Waals surface area contributed by atoms with Crippen LogP contribution in [-0.4, -0.2) is 14.1 Å². The van der Waals surface area contributed by atoms with Crippen LogP contribution in [0.3, 0.4) is 0 Å². The van der Waals surface area contributed by atoms with Crippen LogP contribution in [0.1, 0.15) is 45.2 Å². The van der Waals surface area contributed by atoms with E-state index in [1.54, 1.807) is 19.1 Å². The lowest BCUT2D eigenvalue weighted by atomic mass is 9.82. The first kappa shape index (κ1) is 18.2. The fourth-order valence-corrected chi connectivity index (χ4v) is 2.92. The van der Waals surface area contributed by atoms with Crippen LogP contribution in [0.4, 0.5) is 0 Å². The summed E-state index contributed by atoms with van der Waals surface area (Å²) < 4.78 is 29.4. The Morgan fingerprint density at radius 1 is 1.04 bits per heavy atom. The van der Waals surface area contributed by atoms with Crippen LogP contribution >= 0.6 is 0 Å². The van der Waals surface area contributed by atoms with E-state index in [-0.39, 0.29) is 10.3 Å². The third-order valence-electron chi connectivity index (χ3n) is 4.27. The van der Waals surface area contributed by atoms with Crippen molar-refractivity contribution in [2.75, 3.05) is 0 Å². The van der Waals surface area contributed by atoms with Crippen LogP contribution in [-0.2, 0) is 19.8 Å². The summed E-state index contributed by atoms with van der Waals surface area (Å²) in [5.41, 5.74) is 2.41. The van der Waals surface area contributed by atoms with E-state index in [2.05, 4.69) is 25.9 Å². The number of rotatable bonds is 6. The van der Waals surface area contributed by atoms with Crippen molar-refractivity contribution >= 4 is 15.8 Å². The van der Waals surface area contributed by atoms with Gasteiger partial charge in [0.1, 0.15) is 4.90 Å². The van der Waals surface area contributed by atoms with Crippen molar-refractivity contribution in [2.24, 2.45) is 5.16 Å². The van der Waals surface area contributed by atoms with Crippen molar-refractivity contribution in [3.63, 3.8) is 0 Å². The fourth-order valence-electron chi connectivity index (χ4n) is 2.16. The van der Waals surface area contributed by atoms with Gasteiger partial charge in [0.25, 0.3) is 0 Å². The second-order valence-electron chi connectivity index (χ2n) is 6.33. The quantitative estimate of drug-likeness (QED) is 0.572. The van der Waals surface area contributed by atoms with Gasteiger partial charge in [-0.05, 0) is 42.0 Å². The van der Waals surface area contributed by atoms with Gasteiger partial charge in [0.05, 0.1) is 5.71 Å². The number of benzene rings is 2. The highest BCUT2D eigenvalue weighted by Gasteiger charge is 2.21. The van der Waals surface area contributed by atoms with Crippen LogP contribution in [0.25, 0.3) is 0 Å². The molecule has 0 aliphatic heterocycles. The molecule has 0 aliphatic rings. The van der Waals surface area contributed by atoms with Gasteiger partial charge in [-0.15, -0.1) is 0 Å². The first-order valence-corrected chi connectivity index (χ1v) is 9.31. The maximum Gasteiger partial charge on any atom is 0.358 e. The highest BCUT2D eigenvalue weighted by Crippen LogP contribution is 2.27. The molecule has 0 spiro atoms. The Labute approximate surface area is 144 Å². The second kappa shape index (κ2) is 7.18. The lowest BCUT2D eigenvalue weighted by Crippen LogP contribution is -2.15. The molecule has 0 heterocycles. The molecule has 5 heteroatoms. The lowest BCUT2D eigenvalue weighted by Gasteiger charge is -2.23. The Hall–Kier alpha value is -2.14. The molecule has 0 unspecified atom stereocenters. The first-order valence-electron chi connectivity index (χ1n) is 7.90. The summed E-state index contributed by atoms with van der Waals surface area (Å²) in [6, 6.07) is 16.1. The average Bonchev–Trinajstić information content (AvgIpc) is 2.60. The largest absolute Gasteiger partial charge is 0.358 e. The van der Waals surface area contributed by atoms with Crippen LogP contribution in [0.2, 0.25) is 0 Å². The summed E-state index contributed by atoms with van der Waals surface area (Å²) in [6.45, 7) is 8.06. The standard InChI is InChI=1S/C19H23NO3S/c1-5-19(3,4)17-11-13-18(14-12-17)24(21,22)23-20-15(2)16-9-7-6-8-10-16/h6-14H,5H2,1-4H3. The van der Waals surface area contributed by atoms with Crippen molar-refractivity contribution < 1.29 is 12.7 Å². The SMILES string of the molecule is CCC(C)(C)c1ccc(S(=O)(=O)ON=C(C)c2ccccc2)cc1. The molecule has 0 amide bonds. The van der Waals surface area contributed by atoms with E-state index in [1.165, 1.54) is 0 Å². The average molecular weight is 345 g/mol. The number of hydrogen-bond acceptors (Lipinski definition) is 4. The van der Waals surface area contributed by atoms with E-state index in [0.29, 0.717) is 5.71 Å². The predicted molar refractivity (Wildman–Crippen MR) is 96.7 cm³/mol. The van der Waals surface area contributed by atoms with Crippen molar-refractivity contribution in [2.45, 2.75) is 44.4 Å². The van der Waals surface area contributed by atoms with Gasteiger partial charge in [-0.3, -0.25) is 4.28 Å². The number of oxime groups is 1. The highest BCUT2D eigenvalue weighted by atomic mass is 32.2. The molecule has 0 N–H and O–H groups in total. The molecule has 0 saturated carbocycles. The Balaban J connectivity index is 2.19. The predicted octanol–water partition coefficient (Wildman–Crippen LogP) is 4.50. The Kier molecular flexibility index (Phi) is 5.44. The van der Waals surface area contributed by atoms with E-state index in [4.69, 9.17) is 4.28 Å². The Morgan fingerprint density at radius 2 is 1.62 bits per heavy atom. The third kappa shape index (κ3) is 4.23. The van der Waals surface area contributed by atoms with Gasteiger partial charge in [-0.1, -0.05) is 68.4 Å². The first-order chi connectivity index (χ1) is 11.3. The number of nitrogens with zero attached hydrogens (tertiary/aromatic N) is 1. The number of hydrogen-bond donors (Lipinski definition) is 0. The minimum absolute atomic E-state index is 0.00516. The van der Waals surface area contributed by atoms with Gasteiger partial charge in [-0.25, -0.2) is 0 Å². The molecular formula is C19H23NO3S. The molecule has 0 radical (unpaired) electrons. The summed E-state index contributed by atoms with van der Waals surface area (Å²) in [5.74, 6) is 0. The van der Waals surface area contributed by atoms with Crippen molar-refractivity contribution in [3.05, 3.63) is 65.7 Å². The zero-order valence-corrected chi connectivity index (χ0v) is 15.3. The maximum absolute atomic E-state index is 12.3. The summed E-state index contributed by atoms with van der Waals surface area (Å²) >= 11 is 0. The molecule has 2 aromatic rings. The van der Waals surface area contributed by atoms with E-state index in [0.717, 1.165) is 17.5 Å². The molecule has 0 atom stereocenters. The van der Waals surface area contributed by atoms with Gasteiger partial charge >= 0.3 is 10.1 Å². The zero-order chi connectivity index (χ0) is 17.8. The minimum atomic E-state index is -3.92.